The fraction of sp³-hybridized carbons (Fsp3) is 0.588. The summed E-state index contributed by atoms with van der Waals surface area (Å²) in [5, 5.41) is 5.81. The van der Waals surface area contributed by atoms with Crippen molar-refractivity contribution in [3.8, 4) is 11.5 Å². The summed E-state index contributed by atoms with van der Waals surface area (Å²) in [5.74, 6) is -0.438. The molecule has 8 aromatic rings. The highest BCUT2D eigenvalue weighted by atomic mass is 19.2. The van der Waals surface area contributed by atoms with Crippen LogP contribution >= 0.6 is 0 Å². The number of ether oxygens (including phenoxy) is 2. The molecule has 8 heteroatoms. The van der Waals surface area contributed by atoms with E-state index in [0.717, 1.165) is 115 Å². The van der Waals surface area contributed by atoms with Crippen molar-refractivity contribution in [3.05, 3.63) is 71.3 Å². The van der Waals surface area contributed by atoms with E-state index in [2.05, 4.69) is 91.8 Å². The minimum Gasteiger partial charge on any atom is -0.490 e. The van der Waals surface area contributed by atoms with Crippen LogP contribution in [0.2, 0.25) is 0 Å². The van der Waals surface area contributed by atoms with Crippen LogP contribution in [0, 0.1) is 11.6 Å². The Bertz CT molecular complexity index is 2940. The minimum absolute atomic E-state index is 0.236. The van der Waals surface area contributed by atoms with Crippen LogP contribution in [0.4, 0.5) is 8.78 Å². The summed E-state index contributed by atoms with van der Waals surface area (Å²) in [6, 6.07) is 15.4. The number of aromatic nitrogens is 4. The van der Waals surface area contributed by atoms with E-state index in [1.807, 2.05) is 0 Å². The zero-order valence-corrected chi connectivity index (χ0v) is 48.2. The molecule has 6 nitrogen and oxygen atoms in total. The van der Waals surface area contributed by atoms with Crippen LogP contribution in [0.15, 0.2) is 48.5 Å². The minimum atomic E-state index is -0.942. The average molecular weight is 1040 g/mol. The first-order chi connectivity index (χ1) is 36.8. The van der Waals surface area contributed by atoms with E-state index in [1.54, 1.807) is 0 Å². The summed E-state index contributed by atoms with van der Waals surface area (Å²) in [7, 11) is 0. The lowest BCUT2D eigenvalue weighted by Gasteiger charge is -2.25. The molecule has 0 saturated carbocycles. The molecule has 0 atom stereocenters. The van der Waals surface area contributed by atoms with Gasteiger partial charge in [-0.05, 0) is 59.1 Å². The lowest BCUT2D eigenvalue weighted by atomic mass is 9.80. The molecule has 76 heavy (non-hydrogen) atoms. The predicted molar refractivity (Wildman–Crippen MR) is 320 cm³/mol. The van der Waals surface area contributed by atoms with E-state index in [1.165, 1.54) is 154 Å². The zero-order valence-electron chi connectivity index (χ0n) is 48.2. The van der Waals surface area contributed by atoms with Crippen molar-refractivity contribution in [3.63, 3.8) is 0 Å². The normalized spacial score (nSPS) is 12.6. The van der Waals surface area contributed by atoms with Crippen LogP contribution in [0.3, 0.4) is 0 Å². The van der Waals surface area contributed by atoms with Gasteiger partial charge in [-0.3, -0.25) is 0 Å². The Morgan fingerprint density at radius 3 is 0.816 bits per heavy atom. The van der Waals surface area contributed by atoms with E-state index < -0.39 is 11.6 Å². The maximum Gasteiger partial charge on any atom is 0.163 e. The van der Waals surface area contributed by atoms with Gasteiger partial charge in [0.15, 0.2) is 23.1 Å². The van der Waals surface area contributed by atoms with Crippen molar-refractivity contribution < 1.29 is 18.3 Å². The van der Waals surface area contributed by atoms with Gasteiger partial charge in [-0.25, -0.2) is 28.7 Å². The fourth-order valence-corrected chi connectivity index (χ4v) is 11.5. The SMILES string of the molecule is CCCCCCCCCCCCCCCCOc1cc2nc3c4cc(C(C)(C)C)cc5c6nc7cc(F)c(F)cc7nc6c6cc(C(C)(C)C)cc(c3nc2cc1OCCCCCCCCCCCCCCCC)c6c54. The third-order valence-electron chi connectivity index (χ3n) is 16.2. The lowest BCUT2D eigenvalue weighted by Crippen LogP contribution is -2.12. The van der Waals surface area contributed by atoms with E-state index in [0.29, 0.717) is 35.3 Å². The molecule has 0 spiro atoms. The first-order valence-electron chi connectivity index (χ1n) is 30.4. The largest absolute Gasteiger partial charge is 0.490 e. The summed E-state index contributed by atoms with van der Waals surface area (Å²) in [4.78, 5) is 21.4. The van der Waals surface area contributed by atoms with E-state index in [9.17, 15) is 8.78 Å². The van der Waals surface area contributed by atoms with Gasteiger partial charge >= 0.3 is 0 Å². The van der Waals surface area contributed by atoms with Crippen molar-refractivity contribution in [2.24, 2.45) is 0 Å². The monoisotopic (exact) mass is 1030 g/mol. The molecule has 0 aliphatic heterocycles. The third kappa shape index (κ3) is 14.4. The van der Waals surface area contributed by atoms with Crippen LogP contribution in [0.1, 0.15) is 246 Å². The first kappa shape index (κ1) is 57.2. The summed E-state index contributed by atoms with van der Waals surface area (Å²) in [6.45, 7) is 19.1. The van der Waals surface area contributed by atoms with Crippen molar-refractivity contribution in [1.82, 2.24) is 19.9 Å². The molecule has 0 unspecified atom stereocenters. The molecule has 2 aromatic heterocycles. The Balaban J connectivity index is 1.08. The molecule has 0 bridgehead atoms. The number of benzene rings is 6. The molecule has 0 amide bonds. The second-order valence-electron chi connectivity index (χ2n) is 24.7. The highest BCUT2D eigenvalue weighted by molar-refractivity contribution is 6.39. The van der Waals surface area contributed by atoms with Gasteiger partial charge in [0.05, 0.1) is 57.3 Å². The van der Waals surface area contributed by atoms with Gasteiger partial charge < -0.3 is 9.47 Å². The fourth-order valence-electron chi connectivity index (χ4n) is 11.5. The van der Waals surface area contributed by atoms with Gasteiger partial charge in [-0.2, -0.15) is 0 Å². The van der Waals surface area contributed by atoms with Crippen LogP contribution in [0.5, 0.6) is 11.5 Å². The summed E-state index contributed by atoms with van der Waals surface area (Å²) in [5.41, 5.74) is 6.79. The smallest absolute Gasteiger partial charge is 0.163 e. The summed E-state index contributed by atoms with van der Waals surface area (Å²) >= 11 is 0. The van der Waals surface area contributed by atoms with Gasteiger partial charge in [0.2, 0.25) is 0 Å². The Labute approximate surface area is 454 Å². The van der Waals surface area contributed by atoms with Gasteiger partial charge in [0.25, 0.3) is 0 Å². The number of hydrogen-bond donors (Lipinski definition) is 0. The number of hydrogen-bond acceptors (Lipinski definition) is 6. The first-order valence-corrected chi connectivity index (χ1v) is 30.4. The number of halogens is 2. The molecule has 0 aliphatic rings. The average Bonchev–Trinajstić information content (AvgIpc) is 3.50. The standard InChI is InChI=1S/C68H92F2N4O2/c1-9-11-13-15-17-19-21-23-25-27-29-31-33-35-37-75-59-45-57-58(46-60(59)76-38-36-34-32-30-28-26-24-22-20-18-16-14-12-10-2)74-66-52-42-48(68(6,7)8)40-50-62(52)61-49(39-47(67(3,4)5)41-51(61)65(66)73-57)63-64(50)72-56-44-54(70)53(69)43-55(56)71-63/h39-46H,9-38H2,1-8H3. The number of unbranched alkanes of at least 4 members (excludes halogenated alkanes) is 26. The van der Waals surface area contributed by atoms with Gasteiger partial charge in [0, 0.05) is 56.6 Å². The molecule has 2 heterocycles. The predicted octanol–water partition coefficient (Wildman–Crippen LogP) is 21.4. The topological polar surface area (TPSA) is 70.0 Å². The quantitative estimate of drug-likeness (QED) is 0.0238. The van der Waals surface area contributed by atoms with Crippen LogP contribution < -0.4 is 9.47 Å². The van der Waals surface area contributed by atoms with E-state index in [-0.39, 0.29) is 10.8 Å². The Hall–Kier alpha value is -4.98. The highest BCUT2D eigenvalue weighted by Gasteiger charge is 2.27. The molecule has 0 radical (unpaired) electrons. The number of nitrogens with zero attached hydrogens (tertiary/aromatic N) is 4. The molecule has 0 fully saturated rings. The summed E-state index contributed by atoms with van der Waals surface area (Å²) in [6.07, 6.45) is 36.8. The third-order valence-corrected chi connectivity index (χ3v) is 16.2. The van der Waals surface area contributed by atoms with Crippen LogP contribution in [0.25, 0.3) is 76.5 Å². The Morgan fingerprint density at radius 2 is 0.566 bits per heavy atom. The van der Waals surface area contributed by atoms with Crippen molar-refractivity contribution in [1.29, 1.82) is 0 Å². The van der Waals surface area contributed by atoms with E-state index >= 15 is 0 Å². The van der Waals surface area contributed by atoms with Gasteiger partial charge in [-0.1, -0.05) is 222 Å². The van der Waals surface area contributed by atoms with Crippen LogP contribution in [-0.4, -0.2) is 33.1 Å². The number of rotatable bonds is 32. The Morgan fingerprint density at radius 1 is 0.329 bits per heavy atom. The maximum absolute atomic E-state index is 14.8. The van der Waals surface area contributed by atoms with Crippen molar-refractivity contribution >= 4 is 76.5 Å². The highest BCUT2D eigenvalue weighted by Crippen LogP contribution is 2.47. The van der Waals surface area contributed by atoms with Crippen LogP contribution in [-0.2, 0) is 10.8 Å². The maximum atomic E-state index is 14.8. The Kier molecular flexibility index (Phi) is 20.4. The number of fused-ring (bicyclic) bond motifs is 8. The zero-order chi connectivity index (χ0) is 53.7. The molecular weight excluding hydrogens is 943 g/mol. The molecule has 6 aromatic carbocycles. The lowest BCUT2D eigenvalue weighted by molar-refractivity contribution is 0.259. The van der Waals surface area contributed by atoms with Crippen molar-refractivity contribution in [2.45, 2.75) is 246 Å². The second kappa shape index (κ2) is 27.1. The molecule has 410 valence electrons. The summed E-state index contributed by atoms with van der Waals surface area (Å²) < 4.78 is 43.0. The van der Waals surface area contributed by atoms with E-state index in [4.69, 9.17) is 29.4 Å². The molecule has 0 aliphatic carbocycles. The van der Waals surface area contributed by atoms with Gasteiger partial charge in [-0.15, -0.1) is 0 Å². The molecular formula is C68H92F2N4O2. The molecule has 0 saturated heterocycles. The molecule has 0 N–H and O–H groups in total. The van der Waals surface area contributed by atoms with Crippen molar-refractivity contribution in [2.75, 3.05) is 13.2 Å². The second-order valence-corrected chi connectivity index (χ2v) is 24.7. The van der Waals surface area contributed by atoms with Gasteiger partial charge in [0.1, 0.15) is 0 Å². The molecule has 8 rings (SSSR count).